The SMILES string of the molecule is CN(Cc1csc(C#CCO)c1)C(=O)c1ccon1. The van der Waals surface area contributed by atoms with Crippen LogP contribution in [0.5, 0.6) is 0 Å². The van der Waals surface area contributed by atoms with E-state index >= 15 is 0 Å². The van der Waals surface area contributed by atoms with Crippen LogP contribution in [0.4, 0.5) is 0 Å². The Balaban J connectivity index is 2.01. The van der Waals surface area contributed by atoms with Crippen molar-refractivity contribution in [3.05, 3.63) is 39.9 Å². The van der Waals surface area contributed by atoms with Crippen molar-refractivity contribution >= 4 is 17.2 Å². The zero-order valence-electron chi connectivity index (χ0n) is 10.3. The molecule has 19 heavy (non-hydrogen) atoms. The molecule has 98 valence electrons. The van der Waals surface area contributed by atoms with Crippen LogP contribution in [0.2, 0.25) is 0 Å². The number of aromatic nitrogens is 1. The van der Waals surface area contributed by atoms with Gasteiger partial charge in [-0.25, -0.2) is 0 Å². The van der Waals surface area contributed by atoms with E-state index in [1.807, 2.05) is 11.4 Å². The quantitative estimate of drug-likeness (QED) is 0.859. The number of amides is 1. The highest BCUT2D eigenvalue weighted by Gasteiger charge is 2.15. The molecule has 0 fully saturated rings. The molecule has 0 saturated carbocycles. The number of carbonyl (C=O) groups is 1. The van der Waals surface area contributed by atoms with Crippen LogP contribution >= 0.6 is 11.3 Å². The number of carbonyl (C=O) groups excluding carboxylic acids is 1. The fraction of sp³-hybridized carbons (Fsp3) is 0.231. The third kappa shape index (κ3) is 3.44. The molecule has 2 aromatic rings. The molecule has 0 radical (unpaired) electrons. The van der Waals surface area contributed by atoms with E-state index in [0.29, 0.717) is 6.54 Å². The monoisotopic (exact) mass is 276 g/mol. The van der Waals surface area contributed by atoms with Gasteiger partial charge in [0.15, 0.2) is 5.69 Å². The molecule has 1 amide bonds. The molecule has 2 heterocycles. The lowest BCUT2D eigenvalue weighted by molar-refractivity contribution is 0.0775. The Hall–Kier alpha value is -2.10. The van der Waals surface area contributed by atoms with Gasteiger partial charge >= 0.3 is 0 Å². The highest BCUT2D eigenvalue weighted by Crippen LogP contribution is 2.15. The molecule has 0 saturated heterocycles. The average Bonchev–Trinajstić information content (AvgIpc) is 3.06. The third-order valence-corrected chi connectivity index (χ3v) is 3.26. The number of rotatable bonds is 3. The second-order valence-electron chi connectivity index (χ2n) is 3.82. The Labute approximate surface area is 114 Å². The van der Waals surface area contributed by atoms with Crippen molar-refractivity contribution in [2.24, 2.45) is 0 Å². The fourth-order valence-electron chi connectivity index (χ4n) is 1.51. The number of hydrogen-bond donors (Lipinski definition) is 1. The van der Waals surface area contributed by atoms with Gasteiger partial charge in [-0.15, -0.1) is 11.3 Å². The first-order valence-electron chi connectivity index (χ1n) is 5.53. The summed E-state index contributed by atoms with van der Waals surface area (Å²) in [5, 5.41) is 14.2. The molecule has 0 aliphatic carbocycles. The van der Waals surface area contributed by atoms with E-state index in [0.717, 1.165) is 10.4 Å². The minimum Gasteiger partial charge on any atom is -0.384 e. The average molecular weight is 276 g/mol. The Bertz CT molecular complexity index is 607. The Morgan fingerprint density at radius 2 is 2.47 bits per heavy atom. The van der Waals surface area contributed by atoms with Crippen LogP contribution < -0.4 is 0 Å². The molecular weight excluding hydrogens is 264 g/mol. The number of hydrogen-bond acceptors (Lipinski definition) is 5. The van der Waals surface area contributed by atoms with Crippen LogP contribution in [0.25, 0.3) is 0 Å². The van der Waals surface area contributed by atoms with E-state index in [-0.39, 0.29) is 18.2 Å². The van der Waals surface area contributed by atoms with E-state index in [1.54, 1.807) is 11.9 Å². The van der Waals surface area contributed by atoms with Crippen molar-refractivity contribution in [1.29, 1.82) is 0 Å². The third-order valence-electron chi connectivity index (χ3n) is 2.37. The highest BCUT2D eigenvalue weighted by atomic mass is 32.1. The molecule has 0 aliphatic rings. The molecule has 0 aliphatic heterocycles. The lowest BCUT2D eigenvalue weighted by Gasteiger charge is -2.14. The smallest absolute Gasteiger partial charge is 0.276 e. The van der Waals surface area contributed by atoms with Crippen LogP contribution in [-0.4, -0.2) is 34.7 Å². The maximum absolute atomic E-state index is 11.9. The lowest BCUT2D eigenvalue weighted by atomic mass is 10.2. The second kappa shape index (κ2) is 6.18. The summed E-state index contributed by atoms with van der Waals surface area (Å²) in [6.07, 6.45) is 1.37. The van der Waals surface area contributed by atoms with Crippen LogP contribution in [0, 0.1) is 11.8 Å². The molecule has 6 heteroatoms. The molecule has 0 atom stereocenters. The predicted octanol–water partition coefficient (Wildman–Crippen LogP) is 1.35. The molecule has 0 aromatic carbocycles. The largest absolute Gasteiger partial charge is 0.384 e. The molecule has 2 rings (SSSR count). The Morgan fingerprint density at radius 3 is 3.16 bits per heavy atom. The fourth-order valence-corrected chi connectivity index (χ4v) is 2.29. The summed E-state index contributed by atoms with van der Waals surface area (Å²) >= 11 is 1.48. The summed E-state index contributed by atoms with van der Waals surface area (Å²) in [5.74, 6) is 5.23. The zero-order valence-corrected chi connectivity index (χ0v) is 11.1. The van der Waals surface area contributed by atoms with Crippen molar-refractivity contribution in [2.75, 3.05) is 13.7 Å². The molecule has 1 N–H and O–H groups in total. The maximum Gasteiger partial charge on any atom is 0.276 e. The molecular formula is C13H12N2O3S. The van der Waals surface area contributed by atoms with E-state index < -0.39 is 0 Å². The van der Waals surface area contributed by atoms with Crippen molar-refractivity contribution < 1.29 is 14.4 Å². The van der Waals surface area contributed by atoms with Gasteiger partial charge in [-0.05, 0) is 17.0 Å². The van der Waals surface area contributed by atoms with Gasteiger partial charge in [0, 0.05) is 19.7 Å². The van der Waals surface area contributed by atoms with Gasteiger partial charge in [0.1, 0.15) is 12.9 Å². The minimum atomic E-state index is -0.192. The summed E-state index contributed by atoms with van der Waals surface area (Å²) in [5.41, 5.74) is 1.28. The van der Waals surface area contributed by atoms with Gasteiger partial charge in [-0.2, -0.15) is 0 Å². The molecule has 5 nitrogen and oxygen atoms in total. The summed E-state index contributed by atoms with van der Waals surface area (Å²) in [6, 6.07) is 3.44. The van der Waals surface area contributed by atoms with Crippen molar-refractivity contribution in [3.8, 4) is 11.8 Å². The Kier molecular flexibility index (Phi) is 4.34. The van der Waals surface area contributed by atoms with Gasteiger partial charge < -0.3 is 14.5 Å². The van der Waals surface area contributed by atoms with Gasteiger partial charge in [0.25, 0.3) is 5.91 Å². The molecule has 0 unspecified atom stereocenters. The van der Waals surface area contributed by atoms with Gasteiger partial charge in [0.05, 0.1) is 4.88 Å². The van der Waals surface area contributed by atoms with Crippen LogP contribution in [-0.2, 0) is 6.54 Å². The first kappa shape index (κ1) is 13.3. The highest BCUT2D eigenvalue weighted by molar-refractivity contribution is 7.10. The number of aliphatic hydroxyl groups is 1. The van der Waals surface area contributed by atoms with Crippen LogP contribution in [0.3, 0.4) is 0 Å². The van der Waals surface area contributed by atoms with Crippen molar-refractivity contribution in [1.82, 2.24) is 10.1 Å². The topological polar surface area (TPSA) is 66.6 Å². The lowest BCUT2D eigenvalue weighted by Crippen LogP contribution is -2.26. The zero-order chi connectivity index (χ0) is 13.7. The second-order valence-corrected chi connectivity index (χ2v) is 4.74. The van der Waals surface area contributed by atoms with Crippen LogP contribution in [0.15, 0.2) is 28.3 Å². The number of aliphatic hydroxyl groups excluding tert-OH is 1. The Morgan fingerprint density at radius 1 is 1.63 bits per heavy atom. The van der Waals surface area contributed by atoms with E-state index in [1.165, 1.54) is 23.7 Å². The molecule has 0 spiro atoms. The van der Waals surface area contributed by atoms with Gasteiger partial charge in [0.2, 0.25) is 0 Å². The maximum atomic E-state index is 11.9. The standard InChI is InChI=1S/C13H12N2O3S/c1-15(13(17)12-4-6-18-14-12)8-10-7-11(19-9-10)3-2-5-16/h4,6-7,9,16H,5,8H2,1H3. The van der Waals surface area contributed by atoms with Crippen molar-refractivity contribution in [3.63, 3.8) is 0 Å². The summed E-state index contributed by atoms with van der Waals surface area (Å²) < 4.78 is 4.65. The number of thiophene rings is 1. The predicted molar refractivity (Wildman–Crippen MR) is 70.6 cm³/mol. The first-order valence-corrected chi connectivity index (χ1v) is 6.41. The van der Waals surface area contributed by atoms with Crippen LogP contribution in [0.1, 0.15) is 20.9 Å². The van der Waals surface area contributed by atoms with Gasteiger partial charge in [-0.3, -0.25) is 4.79 Å². The van der Waals surface area contributed by atoms with E-state index in [4.69, 9.17) is 5.11 Å². The minimum absolute atomic E-state index is 0.155. The summed E-state index contributed by atoms with van der Waals surface area (Å²) in [7, 11) is 1.70. The van der Waals surface area contributed by atoms with E-state index in [2.05, 4.69) is 21.5 Å². The summed E-state index contributed by atoms with van der Waals surface area (Å²) in [4.78, 5) is 14.4. The summed E-state index contributed by atoms with van der Waals surface area (Å²) in [6.45, 7) is 0.320. The normalized spacial score (nSPS) is 9.79. The van der Waals surface area contributed by atoms with Crippen molar-refractivity contribution in [2.45, 2.75) is 6.54 Å². The van der Waals surface area contributed by atoms with E-state index in [9.17, 15) is 4.79 Å². The molecule has 2 aromatic heterocycles. The van der Waals surface area contributed by atoms with Gasteiger partial charge in [-0.1, -0.05) is 17.0 Å². The molecule has 0 bridgehead atoms. The number of nitrogens with zero attached hydrogens (tertiary/aromatic N) is 2. The first-order chi connectivity index (χ1) is 9.20.